The number of aliphatic hydroxyl groups excluding tert-OH is 2. The van der Waals surface area contributed by atoms with E-state index in [1.807, 2.05) is 0 Å². The highest BCUT2D eigenvalue weighted by molar-refractivity contribution is 7.72. The summed E-state index contributed by atoms with van der Waals surface area (Å²) in [6.45, 7) is 6.49. The Labute approximate surface area is 146 Å². The Hall–Kier alpha value is -1.40. The van der Waals surface area contributed by atoms with Crippen molar-refractivity contribution in [2.24, 2.45) is 0 Å². The molecule has 0 radical (unpaired) electrons. The van der Waals surface area contributed by atoms with Gasteiger partial charge in [0.1, 0.15) is 12.2 Å². The number of nitrogens with one attached hydrogen (secondary N) is 1. The number of nitrogens with zero attached hydrogens (tertiary/aromatic N) is 1. The van der Waals surface area contributed by atoms with Gasteiger partial charge in [-0.2, -0.15) is 0 Å². The number of hydrogen-bond donors (Lipinski definition) is 3. The second-order valence-corrected chi connectivity index (χ2v) is 11.5. The lowest BCUT2D eigenvalue weighted by Crippen LogP contribution is -2.38. The summed E-state index contributed by atoms with van der Waals surface area (Å²) in [6.07, 6.45) is 5.63. The number of aromatic nitrogens is 2. The van der Waals surface area contributed by atoms with Crippen molar-refractivity contribution in [2.45, 2.75) is 43.8 Å². The minimum absolute atomic E-state index is 0.401. The Bertz CT molecular complexity index is 778. The molecule has 1 saturated heterocycles. The molecule has 4 atom stereocenters. The third-order valence-electron chi connectivity index (χ3n) is 4.29. The molecule has 2 heterocycles. The highest BCUT2D eigenvalue weighted by Crippen LogP contribution is 2.39. The van der Waals surface area contributed by atoms with E-state index in [0.29, 0.717) is 24.8 Å². The number of ether oxygens (including phenoxy) is 1. The van der Waals surface area contributed by atoms with Gasteiger partial charge in [0.25, 0.3) is 5.56 Å². The fourth-order valence-corrected chi connectivity index (χ4v) is 3.78. The number of rotatable bonds is 7. The first-order valence-corrected chi connectivity index (χ1v) is 11.3. The zero-order valence-electron chi connectivity index (χ0n) is 14.7. The Morgan fingerprint density at radius 2 is 2.04 bits per heavy atom. The first-order chi connectivity index (χ1) is 11.6. The van der Waals surface area contributed by atoms with E-state index in [4.69, 9.17) is 4.74 Å². The van der Waals surface area contributed by atoms with E-state index in [9.17, 15) is 19.8 Å². The van der Waals surface area contributed by atoms with Gasteiger partial charge >= 0.3 is 5.69 Å². The molecular formula is C17H27N2O5P. The molecule has 8 heteroatoms. The van der Waals surface area contributed by atoms with Gasteiger partial charge in [-0.15, -0.1) is 19.8 Å². The fraction of sp³-hybridized carbons (Fsp3) is 0.588. The van der Waals surface area contributed by atoms with Crippen LogP contribution in [0, 0.1) is 0 Å². The van der Waals surface area contributed by atoms with Crippen LogP contribution in [0.2, 0.25) is 0 Å². The smallest absolute Gasteiger partial charge is 0.330 e. The van der Waals surface area contributed by atoms with E-state index in [-0.39, 0.29) is 0 Å². The van der Waals surface area contributed by atoms with Crippen LogP contribution in [0.4, 0.5) is 0 Å². The van der Waals surface area contributed by atoms with Crippen molar-refractivity contribution in [3.8, 4) is 0 Å². The highest BCUT2D eigenvalue weighted by atomic mass is 31.2. The van der Waals surface area contributed by atoms with Crippen LogP contribution in [-0.4, -0.2) is 63.9 Å². The minimum Gasteiger partial charge on any atom is -0.388 e. The third-order valence-corrected chi connectivity index (χ3v) is 5.76. The summed E-state index contributed by atoms with van der Waals surface area (Å²) in [4.78, 5) is 26.3. The van der Waals surface area contributed by atoms with Gasteiger partial charge in [0, 0.05) is 11.8 Å². The molecule has 140 valence electrons. The van der Waals surface area contributed by atoms with Crippen LogP contribution >= 0.6 is 6.89 Å². The van der Waals surface area contributed by atoms with E-state index < -0.39 is 42.7 Å². The summed E-state index contributed by atoms with van der Waals surface area (Å²) in [5, 5.41) is 20.6. The molecule has 1 aromatic heterocycles. The molecule has 7 nitrogen and oxygen atoms in total. The third kappa shape index (κ3) is 4.82. The molecule has 0 bridgehead atoms. The minimum atomic E-state index is -1.29. The molecule has 25 heavy (non-hydrogen) atoms. The van der Waals surface area contributed by atoms with Crippen LogP contribution in [0.25, 0.3) is 0 Å². The standard InChI is InChI=1S/C17H27N2O5P/c1-5-6-7-11-10-19(17(23)18-15(11)22)16-14(21)13(20)12(24-16)8-9-25(2,3)4/h5,10,12-14,16,20-21H,1-2,6-9H2,3-4H3,(H,18,22,23)/t12-,13-,14-,16?/m1/s1. The molecule has 1 aromatic rings. The second-order valence-electron chi connectivity index (χ2n) is 7.14. The second kappa shape index (κ2) is 7.87. The van der Waals surface area contributed by atoms with Crippen molar-refractivity contribution in [3.63, 3.8) is 0 Å². The summed E-state index contributed by atoms with van der Waals surface area (Å²) >= 11 is 0. The largest absolute Gasteiger partial charge is 0.388 e. The average molecular weight is 370 g/mol. The molecule has 2 rings (SSSR count). The van der Waals surface area contributed by atoms with Gasteiger partial charge in [-0.05, 0) is 38.8 Å². The van der Waals surface area contributed by atoms with E-state index in [1.54, 1.807) is 6.08 Å². The summed E-state index contributed by atoms with van der Waals surface area (Å²) in [6, 6.07) is 0. The number of H-pyrrole nitrogens is 1. The summed E-state index contributed by atoms with van der Waals surface area (Å²) < 4.78 is 6.91. The number of aryl methyl sites for hydroxylation is 1. The molecule has 0 spiro atoms. The maximum atomic E-state index is 12.1. The summed E-state index contributed by atoms with van der Waals surface area (Å²) in [5.74, 6) is 0. The highest BCUT2D eigenvalue weighted by Gasteiger charge is 2.43. The molecule has 1 aliphatic heterocycles. The number of aromatic amines is 1. The van der Waals surface area contributed by atoms with Gasteiger partial charge in [-0.3, -0.25) is 14.3 Å². The first kappa shape index (κ1) is 19.9. The molecule has 0 saturated carbocycles. The van der Waals surface area contributed by atoms with E-state index in [1.165, 1.54) is 6.20 Å². The summed E-state index contributed by atoms with van der Waals surface area (Å²) in [7, 11) is 0. The predicted octanol–water partition coefficient (Wildman–Crippen LogP) is 0.374. The Morgan fingerprint density at radius 1 is 1.36 bits per heavy atom. The van der Waals surface area contributed by atoms with Crippen LogP contribution in [0.15, 0.2) is 28.4 Å². The van der Waals surface area contributed by atoms with Crippen molar-refractivity contribution >= 4 is 13.2 Å². The zero-order chi connectivity index (χ0) is 18.8. The lowest BCUT2D eigenvalue weighted by atomic mass is 10.1. The zero-order valence-corrected chi connectivity index (χ0v) is 15.6. The average Bonchev–Trinajstić information content (AvgIpc) is 2.80. The van der Waals surface area contributed by atoms with Gasteiger partial charge in [-0.25, -0.2) is 4.79 Å². The molecule has 1 aliphatic rings. The number of allylic oxidation sites excluding steroid dienone is 1. The Morgan fingerprint density at radius 3 is 2.64 bits per heavy atom. The van der Waals surface area contributed by atoms with Crippen LogP contribution in [-0.2, 0) is 11.2 Å². The van der Waals surface area contributed by atoms with Gasteiger partial charge in [0.2, 0.25) is 0 Å². The van der Waals surface area contributed by atoms with Crippen molar-refractivity contribution in [2.75, 3.05) is 19.5 Å². The van der Waals surface area contributed by atoms with E-state index in [0.717, 1.165) is 10.7 Å². The number of hydrogen-bond acceptors (Lipinski definition) is 5. The Balaban J connectivity index is 2.26. The molecule has 0 aliphatic carbocycles. The quantitative estimate of drug-likeness (QED) is 0.475. The number of aliphatic hydroxyl groups is 2. The van der Waals surface area contributed by atoms with Gasteiger partial charge < -0.3 is 14.9 Å². The fourth-order valence-electron chi connectivity index (χ4n) is 2.83. The van der Waals surface area contributed by atoms with Gasteiger partial charge in [0.15, 0.2) is 6.23 Å². The van der Waals surface area contributed by atoms with Crippen LogP contribution < -0.4 is 11.2 Å². The predicted molar refractivity (Wildman–Crippen MR) is 101 cm³/mol. The lowest BCUT2D eigenvalue weighted by Gasteiger charge is -2.19. The molecule has 1 fully saturated rings. The van der Waals surface area contributed by atoms with Crippen molar-refractivity contribution in [3.05, 3.63) is 45.3 Å². The summed E-state index contributed by atoms with van der Waals surface area (Å²) in [5.41, 5.74) is -0.733. The molecular weight excluding hydrogens is 343 g/mol. The van der Waals surface area contributed by atoms with Crippen LogP contribution in [0.1, 0.15) is 24.6 Å². The SMILES string of the molecule is C=CCCc1cn(C2O[C@H](CCP(=C)(C)C)[C@@H](O)[C@H]2O)c(=O)[nH]c1=O. The van der Waals surface area contributed by atoms with E-state index in [2.05, 4.69) is 31.2 Å². The van der Waals surface area contributed by atoms with Crippen molar-refractivity contribution < 1.29 is 14.9 Å². The topological polar surface area (TPSA) is 105 Å². The first-order valence-electron chi connectivity index (χ1n) is 8.28. The van der Waals surface area contributed by atoms with Gasteiger partial charge in [-0.1, -0.05) is 6.08 Å². The van der Waals surface area contributed by atoms with E-state index >= 15 is 0 Å². The molecule has 0 amide bonds. The molecule has 1 unspecified atom stereocenters. The van der Waals surface area contributed by atoms with Crippen LogP contribution in [0.3, 0.4) is 0 Å². The normalized spacial score (nSPS) is 26.7. The monoisotopic (exact) mass is 370 g/mol. The van der Waals surface area contributed by atoms with Crippen molar-refractivity contribution in [1.29, 1.82) is 0 Å². The van der Waals surface area contributed by atoms with Crippen LogP contribution in [0.5, 0.6) is 0 Å². The van der Waals surface area contributed by atoms with Gasteiger partial charge in [0.05, 0.1) is 6.10 Å². The lowest BCUT2D eigenvalue weighted by molar-refractivity contribution is -0.0404. The Kier molecular flexibility index (Phi) is 6.27. The maximum Gasteiger partial charge on any atom is 0.330 e. The molecule has 0 aromatic carbocycles. The van der Waals surface area contributed by atoms with Crippen molar-refractivity contribution in [1.82, 2.24) is 9.55 Å². The maximum absolute atomic E-state index is 12.1. The molecule has 3 N–H and O–H groups in total.